The second-order valence-corrected chi connectivity index (χ2v) is 8.89. The molecule has 0 aromatic heterocycles. The van der Waals surface area contributed by atoms with Crippen molar-refractivity contribution in [1.82, 2.24) is 5.32 Å². The Kier molecular flexibility index (Phi) is 6.68. The van der Waals surface area contributed by atoms with Crippen molar-refractivity contribution >= 4 is 12.1 Å². The summed E-state index contributed by atoms with van der Waals surface area (Å²) in [5, 5.41) is 12.1. The second kappa shape index (κ2) is 10.2. The molecule has 1 atom stereocenters. The number of hydrogen-bond donors (Lipinski definition) is 2. The fourth-order valence-corrected chi connectivity index (χ4v) is 4.76. The molecule has 186 valence electrons. The minimum Gasteiger partial charge on any atom is -0.480 e. The van der Waals surface area contributed by atoms with Crippen molar-refractivity contribution in [3.63, 3.8) is 0 Å². The molecule has 0 aliphatic heterocycles. The lowest BCUT2D eigenvalue weighted by Crippen LogP contribution is -2.42. The van der Waals surface area contributed by atoms with Crippen molar-refractivity contribution in [2.24, 2.45) is 0 Å². The van der Waals surface area contributed by atoms with E-state index < -0.39 is 29.7 Å². The molecule has 0 spiro atoms. The molecule has 7 heteroatoms. The highest BCUT2D eigenvalue weighted by Crippen LogP contribution is 2.44. The molecule has 2 N–H and O–H groups in total. The molecule has 4 aromatic rings. The lowest BCUT2D eigenvalue weighted by molar-refractivity contribution is -0.139. The molecule has 0 bridgehead atoms. The molecule has 5 rings (SSSR count). The number of carboxylic acids is 1. The van der Waals surface area contributed by atoms with Crippen LogP contribution in [0.4, 0.5) is 13.6 Å². The van der Waals surface area contributed by atoms with E-state index in [1.54, 1.807) is 24.3 Å². The highest BCUT2D eigenvalue weighted by molar-refractivity contribution is 5.81. The van der Waals surface area contributed by atoms with E-state index in [0.29, 0.717) is 11.1 Å². The number of carbonyl (C=O) groups is 2. The van der Waals surface area contributed by atoms with Gasteiger partial charge in [0.2, 0.25) is 0 Å². The zero-order valence-corrected chi connectivity index (χ0v) is 19.7. The summed E-state index contributed by atoms with van der Waals surface area (Å²) in [6.07, 6.45) is -0.814. The normalized spacial score (nSPS) is 12.9. The topological polar surface area (TPSA) is 75.6 Å². The fraction of sp³-hybridized carbons (Fsp3) is 0.133. The molecular formula is C30H23F2NO4. The van der Waals surface area contributed by atoms with E-state index in [0.717, 1.165) is 28.3 Å². The minimum atomic E-state index is -1.22. The van der Waals surface area contributed by atoms with Gasteiger partial charge in [0.15, 0.2) is 0 Å². The summed E-state index contributed by atoms with van der Waals surface area (Å²) in [5.74, 6) is -2.70. The lowest BCUT2D eigenvalue weighted by Gasteiger charge is -2.17. The van der Waals surface area contributed by atoms with E-state index in [9.17, 15) is 23.5 Å². The summed E-state index contributed by atoms with van der Waals surface area (Å²) < 4.78 is 32.7. The maximum atomic E-state index is 14.1. The number of halogens is 2. The van der Waals surface area contributed by atoms with Crippen LogP contribution in [0.1, 0.15) is 22.6 Å². The molecule has 1 amide bonds. The van der Waals surface area contributed by atoms with Gasteiger partial charge in [0, 0.05) is 24.0 Å². The van der Waals surface area contributed by atoms with Crippen LogP contribution >= 0.6 is 0 Å². The SMILES string of the molecule is O=C(N[C@@H](Cc1ccc(-c2ccc(F)cc2F)cc1)C(=O)O)OCC1c2ccccc2-c2ccccc21. The van der Waals surface area contributed by atoms with Gasteiger partial charge in [0.1, 0.15) is 24.3 Å². The molecule has 1 aliphatic rings. The van der Waals surface area contributed by atoms with Gasteiger partial charge in [-0.25, -0.2) is 18.4 Å². The average Bonchev–Trinajstić information content (AvgIpc) is 3.21. The molecule has 5 nitrogen and oxygen atoms in total. The van der Waals surface area contributed by atoms with Crippen LogP contribution in [0.2, 0.25) is 0 Å². The summed E-state index contributed by atoms with van der Waals surface area (Å²) in [7, 11) is 0. The molecule has 0 saturated heterocycles. The van der Waals surface area contributed by atoms with E-state index >= 15 is 0 Å². The lowest BCUT2D eigenvalue weighted by atomic mass is 9.98. The zero-order valence-electron chi connectivity index (χ0n) is 19.7. The number of nitrogens with one attached hydrogen (secondary N) is 1. The van der Waals surface area contributed by atoms with Gasteiger partial charge in [-0.2, -0.15) is 0 Å². The third kappa shape index (κ3) is 5.07. The van der Waals surface area contributed by atoms with Gasteiger partial charge in [-0.15, -0.1) is 0 Å². The molecule has 1 aliphatic carbocycles. The monoisotopic (exact) mass is 499 g/mol. The number of alkyl carbamates (subject to hydrolysis) is 1. The van der Waals surface area contributed by atoms with Crippen LogP contribution in [0.15, 0.2) is 91.0 Å². The molecule has 0 heterocycles. The number of amides is 1. The van der Waals surface area contributed by atoms with Crippen molar-refractivity contribution in [2.45, 2.75) is 18.4 Å². The van der Waals surface area contributed by atoms with Gasteiger partial charge >= 0.3 is 12.1 Å². The quantitative estimate of drug-likeness (QED) is 0.319. The number of carbonyl (C=O) groups excluding carboxylic acids is 1. The van der Waals surface area contributed by atoms with Crippen molar-refractivity contribution in [3.05, 3.63) is 119 Å². The van der Waals surface area contributed by atoms with Crippen molar-refractivity contribution in [3.8, 4) is 22.3 Å². The van der Waals surface area contributed by atoms with Gasteiger partial charge in [0.25, 0.3) is 0 Å². The van der Waals surface area contributed by atoms with Crippen LogP contribution in [-0.2, 0) is 16.0 Å². The molecular weight excluding hydrogens is 476 g/mol. The van der Waals surface area contributed by atoms with E-state index in [1.165, 1.54) is 12.1 Å². The first-order valence-electron chi connectivity index (χ1n) is 11.8. The van der Waals surface area contributed by atoms with Crippen LogP contribution in [0, 0.1) is 11.6 Å². The highest BCUT2D eigenvalue weighted by Gasteiger charge is 2.29. The minimum absolute atomic E-state index is 0.00566. The van der Waals surface area contributed by atoms with Crippen molar-refractivity contribution in [1.29, 1.82) is 0 Å². The summed E-state index contributed by atoms with van der Waals surface area (Å²) in [6.45, 7) is 0.0735. The molecule has 0 unspecified atom stereocenters. The van der Waals surface area contributed by atoms with Crippen LogP contribution in [0.3, 0.4) is 0 Å². The largest absolute Gasteiger partial charge is 0.480 e. The third-order valence-electron chi connectivity index (χ3n) is 6.57. The number of benzene rings is 4. The smallest absolute Gasteiger partial charge is 0.407 e. The Labute approximate surface area is 212 Å². The Balaban J connectivity index is 1.23. The Morgan fingerprint density at radius 2 is 1.46 bits per heavy atom. The van der Waals surface area contributed by atoms with Crippen LogP contribution < -0.4 is 5.32 Å². The second-order valence-electron chi connectivity index (χ2n) is 8.89. The van der Waals surface area contributed by atoms with Gasteiger partial charge in [-0.3, -0.25) is 0 Å². The Hall–Kier alpha value is -4.52. The van der Waals surface area contributed by atoms with Crippen LogP contribution in [0.25, 0.3) is 22.3 Å². The third-order valence-corrected chi connectivity index (χ3v) is 6.57. The first kappa shape index (κ1) is 24.2. The van der Waals surface area contributed by atoms with Gasteiger partial charge < -0.3 is 15.2 Å². The first-order valence-corrected chi connectivity index (χ1v) is 11.8. The molecule has 0 saturated carbocycles. The van der Waals surface area contributed by atoms with Gasteiger partial charge in [-0.1, -0.05) is 72.8 Å². The predicted molar refractivity (Wildman–Crippen MR) is 135 cm³/mol. The molecule has 0 radical (unpaired) electrons. The van der Waals surface area contributed by atoms with Gasteiger partial charge in [0.05, 0.1) is 0 Å². The number of carboxylic acid groups (broad SMARTS) is 1. The first-order chi connectivity index (χ1) is 17.9. The van der Waals surface area contributed by atoms with Crippen molar-refractivity contribution in [2.75, 3.05) is 6.61 Å². The average molecular weight is 500 g/mol. The van der Waals surface area contributed by atoms with E-state index in [2.05, 4.69) is 5.32 Å². The van der Waals surface area contributed by atoms with Gasteiger partial charge in [-0.05, 0) is 45.5 Å². The van der Waals surface area contributed by atoms with Crippen LogP contribution in [0.5, 0.6) is 0 Å². The number of ether oxygens (including phenoxy) is 1. The fourth-order valence-electron chi connectivity index (χ4n) is 4.76. The summed E-state index contributed by atoms with van der Waals surface area (Å²) >= 11 is 0. The zero-order chi connectivity index (χ0) is 25.9. The maximum Gasteiger partial charge on any atom is 0.407 e. The van der Waals surface area contributed by atoms with E-state index in [4.69, 9.17) is 4.74 Å². The van der Waals surface area contributed by atoms with Crippen molar-refractivity contribution < 1.29 is 28.2 Å². The Morgan fingerprint density at radius 1 is 0.838 bits per heavy atom. The number of fused-ring (bicyclic) bond motifs is 3. The van der Waals surface area contributed by atoms with E-state index in [-0.39, 0.29) is 24.5 Å². The summed E-state index contributed by atoms with van der Waals surface area (Å²) in [4.78, 5) is 24.4. The number of rotatable bonds is 7. The maximum absolute atomic E-state index is 14.1. The standard InChI is InChI=1S/C30H23F2NO4/c31-20-13-14-21(27(32)16-20)19-11-9-18(10-12-19)15-28(29(34)35)33-30(36)37-17-26-24-7-3-1-5-22(24)23-6-2-4-8-25(23)26/h1-14,16,26,28H,15,17H2,(H,33,36)(H,34,35)/t28-/m0/s1. The molecule has 37 heavy (non-hydrogen) atoms. The Bertz CT molecular complexity index is 1420. The summed E-state index contributed by atoms with van der Waals surface area (Å²) in [6, 6.07) is 24.5. The molecule has 0 fully saturated rings. The number of aliphatic carboxylic acids is 1. The highest BCUT2D eigenvalue weighted by atomic mass is 19.1. The number of hydrogen-bond acceptors (Lipinski definition) is 3. The van der Waals surface area contributed by atoms with Crippen LogP contribution in [-0.4, -0.2) is 29.8 Å². The Morgan fingerprint density at radius 3 is 2.05 bits per heavy atom. The predicted octanol–water partition coefficient (Wildman–Crippen LogP) is 6.17. The van der Waals surface area contributed by atoms with E-state index in [1.807, 2.05) is 48.5 Å². The summed E-state index contributed by atoms with van der Waals surface area (Å²) in [5.41, 5.74) is 5.70. The molecule has 4 aromatic carbocycles.